The van der Waals surface area contributed by atoms with Gasteiger partial charge in [-0.3, -0.25) is 4.79 Å². The van der Waals surface area contributed by atoms with E-state index in [1.165, 1.54) is 0 Å². The molecule has 0 saturated heterocycles. The Morgan fingerprint density at radius 2 is 2.06 bits per heavy atom. The number of aromatic nitrogens is 1. The van der Waals surface area contributed by atoms with Crippen molar-refractivity contribution < 1.29 is 13.6 Å². The quantitative estimate of drug-likeness (QED) is 0.861. The molecule has 1 N–H and O–H groups in total. The Hall–Kier alpha value is -1.52. The van der Waals surface area contributed by atoms with Gasteiger partial charge in [0.15, 0.2) is 0 Å². The molecule has 1 aromatic heterocycles. The molecule has 2 rings (SSSR count). The van der Waals surface area contributed by atoms with Crippen LogP contribution in [0.5, 0.6) is 0 Å². The van der Waals surface area contributed by atoms with Crippen LogP contribution in [0.1, 0.15) is 34.6 Å². The van der Waals surface area contributed by atoms with Crippen LogP contribution < -0.4 is 5.32 Å². The summed E-state index contributed by atoms with van der Waals surface area (Å²) in [5, 5.41) is 2.55. The molecule has 0 aromatic carbocycles. The van der Waals surface area contributed by atoms with Crippen molar-refractivity contribution >= 4 is 5.91 Å². The summed E-state index contributed by atoms with van der Waals surface area (Å²) < 4.78 is 25.2. The highest BCUT2D eigenvalue weighted by molar-refractivity contribution is 5.92. The third kappa shape index (κ3) is 2.60. The third-order valence-corrected chi connectivity index (χ3v) is 3.01. The highest BCUT2D eigenvalue weighted by Gasteiger charge is 2.46. The van der Waals surface area contributed by atoms with Crippen LogP contribution in [-0.4, -0.2) is 22.9 Å². The molecule has 1 fully saturated rings. The molecule has 0 aliphatic heterocycles. The van der Waals surface area contributed by atoms with Crippen molar-refractivity contribution in [2.45, 2.75) is 38.7 Å². The number of carbonyl (C=O) groups is 1. The van der Waals surface area contributed by atoms with Crippen molar-refractivity contribution in [3.8, 4) is 0 Å². The van der Waals surface area contributed by atoms with Gasteiger partial charge < -0.3 is 5.32 Å². The average Bonchev–Trinajstić information content (AvgIpc) is 2.19. The second kappa shape index (κ2) is 4.05. The molecule has 0 atom stereocenters. The normalized spacial score (nSPS) is 18.6. The molecular weight excluding hydrogens is 226 g/mol. The average molecular weight is 240 g/mol. The van der Waals surface area contributed by atoms with Crippen molar-refractivity contribution in [1.29, 1.82) is 0 Å². The number of aryl methyl sites for hydroxylation is 2. The lowest BCUT2D eigenvalue weighted by molar-refractivity contribution is -0.0901. The van der Waals surface area contributed by atoms with Gasteiger partial charge in [0, 0.05) is 24.6 Å². The topological polar surface area (TPSA) is 42.0 Å². The molecule has 92 valence electrons. The number of nitrogens with zero attached hydrogens (tertiary/aromatic N) is 1. The molecule has 17 heavy (non-hydrogen) atoms. The maximum Gasteiger partial charge on any atom is 0.270 e. The van der Waals surface area contributed by atoms with E-state index in [0.717, 1.165) is 11.3 Å². The Bertz CT molecular complexity index is 452. The van der Waals surface area contributed by atoms with E-state index in [0.29, 0.717) is 0 Å². The molecule has 1 heterocycles. The van der Waals surface area contributed by atoms with E-state index in [2.05, 4.69) is 10.3 Å². The molecule has 1 amide bonds. The molecule has 1 aliphatic rings. The van der Waals surface area contributed by atoms with E-state index in [9.17, 15) is 13.6 Å². The number of amides is 1. The molecule has 0 spiro atoms. The van der Waals surface area contributed by atoms with E-state index < -0.39 is 12.0 Å². The maximum absolute atomic E-state index is 12.6. The van der Waals surface area contributed by atoms with Gasteiger partial charge in [-0.1, -0.05) is 6.07 Å². The zero-order valence-electron chi connectivity index (χ0n) is 9.76. The van der Waals surface area contributed by atoms with Gasteiger partial charge in [-0.15, -0.1) is 0 Å². The Morgan fingerprint density at radius 3 is 2.59 bits per heavy atom. The van der Waals surface area contributed by atoms with Gasteiger partial charge in [-0.05, 0) is 25.5 Å². The summed E-state index contributed by atoms with van der Waals surface area (Å²) in [6, 6.07) is 2.97. The van der Waals surface area contributed by atoms with Crippen molar-refractivity contribution in [2.24, 2.45) is 0 Å². The van der Waals surface area contributed by atoms with Crippen LogP contribution in [-0.2, 0) is 0 Å². The van der Waals surface area contributed by atoms with Gasteiger partial charge in [-0.2, -0.15) is 0 Å². The van der Waals surface area contributed by atoms with Crippen molar-refractivity contribution in [3.63, 3.8) is 0 Å². The van der Waals surface area contributed by atoms with E-state index in [1.54, 1.807) is 12.1 Å². The Kier molecular flexibility index (Phi) is 2.85. The highest BCUT2D eigenvalue weighted by Crippen LogP contribution is 2.37. The highest BCUT2D eigenvalue weighted by atomic mass is 19.3. The third-order valence-electron chi connectivity index (χ3n) is 3.01. The van der Waals surface area contributed by atoms with Crippen LogP contribution in [0.4, 0.5) is 8.78 Å². The van der Waals surface area contributed by atoms with Gasteiger partial charge in [0.2, 0.25) is 0 Å². The monoisotopic (exact) mass is 240 g/mol. The van der Waals surface area contributed by atoms with Gasteiger partial charge >= 0.3 is 0 Å². The summed E-state index contributed by atoms with van der Waals surface area (Å²) in [5.41, 5.74) is 2.05. The van der Waals surface area contributed by atoms with Crippen molar-refractivity contribution in [3.05, 3.63) is 29.1 Å². The van der Waals surface area contributed by atoms with E-state index in [-0.39, 0.29) is 24.4 Å². The van der Waals surface area contributed by atoms with Crippen molar-refractivity contribution in [2.75, 3.05) is 0 Å². The molecular formula is C12H14F2N2O. The number of halogens is 2. The maximum atomic E-state index is 12.6. The van der Waals surface area contributed by atoms with Gasteiger partial charge in [-0.25, -0.2) is 13.8 Å². The van der Waals surface area contributed by atoms with Gasteiger partial charge in [0.25, 0.3) is 11.8 Å². The lowest BCUT2D eigenvalue weighted by Gasteiger charge is -2.35. The number of pyridine rings is 1. The molecule has 1 aliphatic carbocycles. The molecule has 0 bridgehead atoms. The Balaban J connectivity index is 1.98. The largest absolute Gasteiger partial charge is 0.348 e. The smallest absolute Gasteiger partial charge is 0.270 e. The zero-order valence-corrected chi connectivity index (χ0v) is 9.76. The number of hydrogen-bond acceptors (Lipinski definition) is 2. The zero-order chi connectivity index (χ0) is 12.6. The Labute approximate surface area is 98.2 Å². The number of hydrogen-bond donors (Lipinski definition) is 1. The standard InChI is InChI=1S/C12H14F2N2O/c1-7-3-4-10(15-8(7)2)11(17)16-9-5-12(13,14)6-9/h3-4,9H,5-6H2,1-2H3,(H,16,17). The molecule has 1 aromatic rings. The van der Waals surface area contributed by atoms with Crippen LogP contribution in [0.3, 0.4) is 0 Å². The van der Waals surface area contributed by atoms with E-state index >= 15 is 0 Å². The van der Waals surface area contributed by atoms with Crippen LogP contribution in [0.25, 0.3) is 0 Å². The summed E-state index contributed by atoms with van der Waals surface area (Å²) in [7, 11) is 0. The number of alkyl halides is 2. The fourth-order valence-electron chi connectivity index (χ4n) is 1.78. The predicted molar refractivity (Wildman–Crippen MR) is 59.1 cm³/mol. The van der Waals surface area contributed by atoms with Crippen molar-refractivity contribution in [1.82, 2.24) is 10.3 Å². The van der Waals surface area contributed by atoms with Gasteiger partial charge in [0.05, 0.1) is 0 Å². The first-order valence-electron chi connectivity index (χ1n) is 5.50. The Morgan fingerprint density at radius 1 is 1.41 bits per heavy atom. The summed E-state index contributed by atoms with van der Waals surface area (Å²) in [4.78, 5) is 15.8. The van der Waals surface area contributed by atoms with Crippen LogP contribution in [0.15, 0.2) is 12.1 Å². The van der Waals surface area contributed by atoms with E-state index in [4.69, 9.17) is 0 Å². The second-order valence-electron chi connectivity index (χ2n) is 4.53. The minimum Gasteiger partial charge on any atom is -0.348 e. The molecule has 3 nitrogen and oxygen atoms in total. The predicted octanol–water partition coefficient (Wildman–Crippen LogP) is 2.23. The molecule has 0 radical (unpaired) electrons. The summed E-state index contributed by atoms with van der Waals surface area (Å²) in [6.45, 7) is 3.71. The summed E-state index contributed by atoms with van der Waals surface area (Å²) in [5.74, 6) is -3.00. The van der Waals surface area contributed by atoms with Crippen LogP contribution in [0.2, 0.25) is 0 Å². The number of rotatable bonds is 2. The molecule has 5 heteroatoms. The minimum atomic E-state index is -2.62. The summed E-state index contributed by atoms with van der Waals surface area (Å²) >= 11 is 0. The van der Waals surface area contributed by atoms with Crippen LogP contribution >= 0.6 is 0 Å². The SMILES string of the molecule is Cc1ccc(C(=O)NC2CC(F)(F)C2)nc1C. The first-order chi connectivity index (χ1) is 7.87. The fraction of sp³-hybridized carbons (Fsp3) is 0.500. The van der Waals surface area contributed by atoms with E-state index in [1.807, 2.05) is 13.8 Å². The fourth-order valence-corrected chi connectivity index (χ4v) is 1.78. The van der Waals surface area contributed by atoms with Crippen LogP contribution in [0, 0.1) is 13.8 Å². The summed E-state index contributed by atoms with van der Waals surface area (Å²) in [6.07, 6.45) is -0.548. The first kappa shape index (κ1) is 12.0. The number of carbonyl (C=O) groups excluding carboxylic acids is 1. The van der Waals surface area contributed by atoms with Gasteiger partial charge in [0.1, 0.15) is 5.69 Å². The molecule has 1 saturated carbocycles. The minimum absolute atomic E-state index is 0.274. The first-order valence-corrected chi connectivity index (χ1v) is 5.50. The lowest BCUT2D eigenvalue weighted by Crippen LogP contribution is -2.50. The number of nitrogens with one attached hydrogen (secondary N) is 1. The second-order valence-corrected chi connectivity index (χ2v) is 4.53. The lowest BCUT2D eigenvalue weighted by atomic mass is 9.88. The molecule has 0 unspecified atom stereocenters.